The lowest BCUT2D eigenvalue weighted by atomic mass is 10.0. The lowest BCUT2D eigenvalue weighted by Gasteiger charge is -2.31. The van der Waals surface area contributed by atoms with Gasteiger partial charge in [0.05, 0.1) is 5.75 Å². The van der Waals surface area contributed by atoms with Crippen LogP contribution in [0.4, 0.5) is 0 Å². The second-order valence-corrected chi connectivity index (χ2v) is 10.8. The van der Waals surface area contributed by atoms with E-state index in [0.29, 0.717) is 25.3 Å². The van der Waals surface area contributed by atoms with Crippen LogP contribution in [0.5, 0.6) is 0 Å². The summed E-state index contributed by atoms with van der Waals surface area (Å²) in [4.78, 5) is 29.0. The van der Waals surface area contributed by atoms with Gasteiger partial charge in [-0.05, 0) is 43.9 Å². The molecule has 0 spiro atoms. The van der Waals surface area contributed by atoms with E-state index in [2.05, 4.69) is 63.3 Å². The fraction of sp³-hybridized carbons (Fsp3) is 0.375. The van der Waals surface area contributed by atoms with Crippen LogP contribution in [0, 0.1) is 20.8 Å². The highest BCUT2D eigenvalue weighted by Gasteiger charge is 2.30. The van der Waals surface area contributed by atoms with Crippen molar-refractivity contribution in [1.29, 1.82) is 0 Å². The zero-order valence-corrected chi connectivity index (χ0v) is 23.4. The largest absolute Gasteiger partial charge is 0.354 e. The molecule has 5 heteroatoms. The standard InChI is InChI=1S/C32H40N2O2S/c1-5-6-16-33-32(36)30(20-27-10-8-7-9-11-27)34(21-28-14-12-24(2)13-15-28)31(35)23-37-22-29-18-25(3)17-26(4)19-29/h7-15,17-19,30H,5-6,16,20-23H2,1-4H3,(H,33,36)/t30-/m1/s1. The van der Waals surface area contributed by atoms with Gasteiger partial charge in [-0.25, -0.2) is 0 Å². The van der Waals surface area contributed by atoms with Crippen LogP contribution in [0.3, 0.4) is 0 Å². The van der Waals surface area contributed by atoms with E-state index in [1.54, 1.807) is 16.7 Å². The summed E-state index contributed by atoms with van der Waals surface area (Å²) in [6.45, 7) is 9.38. The molecule has 4 nitrogen and oxygen atoms in total. The molecule has 3 aromatic carbocycles. The van der Waals surface area contributed by atoms with Crippen LogP contribution in [-0.4, -0.2) is 35.1 Å². The minimum atomic E-state index is -0.574. The quantitative estimate of drug-likeness (QED) is 0.267. The second kappa shape index (κ2) is 14.6. The van der Waals surface area contributed by atoms with Gasteiger partial charge in [0, 0.05) is 25.3 Å². The molecule has 0 saturated heterocycles. The number of carbonyl (C=O) groups is 2. The molecule has 0 saturated carbocycles. The predicted octanol–water partition coefficient (Wildman–Crippen LogP) is 6.40. The highest BCUT2D eigenvalue weighted by molar-refractivity contribution is 7.99. The molecule has 0 aliphatic carbocycles. The monoisotopic (exact) mass is 516 g/mol. The zero-order valence-electron chi connectivity index (χ0n) is 22.6. The maximum absolute atomic E-state index is 13.7. The normalized spacial score (nSPS) is 11.7. The number of aryl methyl sites for hydroxylation is 3. The van der Waals surface area contributed by atoms with E-state index in [9.17, 15) is 9.59 Å². The van der Waals surface area contributed by atoms with Crippen LogP contribution in [0.1, 0.15) is 53.1 Å². The van der Waals surface area contributed by atoms with Crippen molar-refractivity contribution in [2.24, 2.45) is 0 Å². The third-order valence-corrected chi connectivity index (χ3v) is 7.34. The molecule has 3 rings (SSSR count). The number of unbranched alkanes of at least 4 members (excludes halogenated alkanes) is 1. The van der Waals surface area contributed by atoms with Crippen molar-refractivity contribution in [1.82, 2.24) is 10.2 Å². The van der Waals surface area contributed by atoms with E-state index in [4.69, 9.17) is 0 Å². The van der Waals surface area contributed by atoms with Gasteiger partial charge < -0.3 is 10.2 Å². The number of nitrogens with one attached hydrogen (secondary N) is 1. The lowest BCUT2D eigenvalue weighted by molar-refractivity contribution is -0.139. The fourth-order valence-corrected chi connectivity index (χ4v) is 5.29. The van der Waals surface area contributed by atoms with E-state index < -0.39 is 6.04 Å². The Bertz CT molecular complexity index is 1120. The van der Waals surface area contributed by atoms with Gasteiger partial charge in [0.1, 0.15) is 6.04 Å². The lowest BCUT2D eigenvalue weighted by Crippen LogP contribution is -2.51. The van der Waals surface area contributed by atoms with Gasteiger partial charge in [-0.1, -0.05) is 103 Å². The average molecular weight is 517 g/mol. The Balaban J connectivity index is 1.82. The minimum Gasteiger partial charge on any atom is -0.354 e. The Morgan fingerprint density at radius 1 is 0.838 bits per heavy atom. The molecule has 1 N–H and O–H groups in total. The molecule has 0 radical (unpaired) electrons. The number of rotatable bonds is 13. The fourth-order valence-electron chi connectivity index (χ4n) is 4.44. The molecule has 0 aliphatic rings. The molecule has 37 heavy (non-hydrogen) atoms. The third-order valence-electron chi connectivity index (χ3n) is 6.35. The van der Waals surface area contributed by atoms with Crippen LogP contribution in [0.25, 0.3) is 0 Å². The SMILES string of the molecule is CCCCNC(=O)[C@@H](Cc1ccccc1)N(Cc1ccc(C)cc1)C(=O)CSCc1cc(C)cc(C)c1. The van der Waals surface area contributed by atoms with Crippen LogP contribution < -0.4 is 5.32 Å². The van der Waals surface area contributed by atoms with Crippen LogP contribution in [0.15, 0.2) is 72.8 Å². The predicted molar refractivity (Wildman–Crippen MR) is 156 cm³/mol. The minimum absolute atomic E-state index is 0.0125. The molecule has 0 aliphatic heterocycles. The Morgan fingerprint density at radius 3 is 2.16 bits per heavy atom. The van der Waals surface area contributed by atoms with Crippen molar-refractivity contribution in [3.8, 4) is 0 Å². The van der Waals surface area contributed by atoms with Crippen molar-refractivity contribution in [3.05, 3.63) is 106 Å². The molecule has 0 heterocycles. The molecular weight excluding hydrogens is 476 g/mol. The van der Waals surface area contributed by atoms with E-state index in [0.717, 1.165) is 29.7 Å². The molecule has 1 atom stereocenters. The summed E-state index contributed by atoms with van der Waals surface area (Å²) in [5.74, 6) is 0.990. The Kier molecular flexibility index (Phi) is 11.3. The Hall–Kier alpha value is -3.05. The number of nitrogens with zero attached hydrogens (tertiary/aromatic N) is 1. The van der Waals surface area contributed by atoms with Gasteiger partial charge in [-0.3, -0.25) is 9.59 Å². The van der Waals surface area contributed by atoms with Crippen molar-refractivity contribution >= 4 is 23.6 Å². The summed E-state index contributed by atoms with van der Waals surface area (Å²) in [6, 6.07) is 24.1. The average Bonchev–Trinajstić information content (AvgIpc) is 2.87. The van der Waals surface area contributed by atoms with E-state index in [-0.39, 0.29) is 11.8 Å². The number of amides is 2. The third kappa shape index (κ3) is 9.40. The first-order valence-corrected chi connectivity index (χ1v) is 14.3. The summed E-state index contributed by atoms with van der Waals surface area (Å²) in [6.07, 6.45) is 2.41. The van der Waals surface area contributed by atoms with E-state index in [1.165, 1.54) is 22.3 Å². The molecule has 0 bridgehead atoms. The van der Waals surface area contributed by atoms with Crippen LogP contribution >= 0.6 is 11.8 Å². The summed E-state index contributed by atoms with van der Waals surface area (Å²) >= 11 is 1.61. The Morgan fingerprint density at radius 2 is 1.51 bits per heavy atom. The van der Waals surface area contributed by atoms with E-state index >= 15 is 0 Å². The number of carbonyl (C=O) groups excluding carboxylic acids is 2. The van der Waals surface area contributed by atoms with Gasteiger partial charge >= 0.3 is 0 Å². The number of thioether (sulfide) groups is 1. The summed E-state index contributed by atoms with van der Waals surface area (Å²) in [5, 5.41) is 3.09. The number of benzene rings is 3. The van der Waals surface area contributed by atoms with E-state index in [1.807, 2.05) is 42.5 Å². The highest BCUT2D eigenvalue weighted by Crippen LogP contribution is 2.20. The summed E-state index contributed by atoms with van der Waals surface area (Å²) < 4.78 is 0. The number of hydrogen-bond donors (Lipinski definition) is 1. The van der Waals surface area contributed by atoms with Crippen molar-refractivity contribution in [3.63, 3.8) is 0 Å². The molecule has 0 unspecified atom stereocenters. The van der Waals surface area contributed by atoms with Gasteiger partial charge in [0.25, 0.3) is 0 Å². The molecular formula is C32H40N2O2S. The topological polar surface area (TPSA) is 49.4 Å². The molecule has 0 fully saturated rings. The maximum atomic E-state index is 13.7. The first-order chi connectivity index (χ1) is 17.9. The van der Waals surface area contributed by atoms with Crippen LogP contribution in [0.2, 0.25) is 0 Å². The van der Waals surface area contributed by atoms with Crippen molar-refractivity contribution < 1.29 is 9.59 Å². The highest BCUT2D eigenvalue weighted by atomic mass is 32.2. The summed E-state index contributed by atoms with van der Waals surface area (Å²) in [5.41, 5.74) is 6.92. The zero-order chi connectivity index (χ0) is 26.6. The molecule has 3 aromatic rings. The maximum Gasteiger partial charge on any atom is 0.243 e. The summed E-state index contributed by atoms with van der Waals surface area (Å²) in [7, 11) is 0. The first kappa shape index (κ1) is 28.5. The van der Waals surface area contributed by atoms with Crippen LogP contribution in [-0.2, 0) is 28.3 Å². The van der Waals surface area contributed by atoms with Crippen molar-refractivity contribution in [2.75, 3.05) is 12.3 Å². The molecule has 2 amide bonds. The molecule has 196 valence electrons. The van der Waals surface area contributed by atoms with Gasteiger partial charge in [0.15, 0.2) is 0 Å². The van der Waals surface area contributed by atoms with Gasteiger partial charge in [-0.15, -0.1) is 11.8 Å². The van der Waals surface area contributed by atoms with Gasteiger partial charge in [0.2, 0.25) is 11.8 Å². The smallest absolute Gasteiger partial charge is 0.243 e. The van der Waals surface area contributed by atoms with Gasteiger partial charge in [-0.2, -0.15) is 0 Å². The molecule has 0 aromatic heterocycles. The second-order valence-electron chi connectivity index (χ2n) is 9.85. The first-order valence-electron chi connectivity index (χ1n) is 13.2. The number of hydrogen-bond acceptors (Lipinski definition) is 3. The van der Waals surface area contributed by atoms with Crippen molar-refractivity contribution in [2.45, 2.75) is 65.3 Å². The Labute approximate surface area is 226 Å².